The summed E-state index contributed by atoms with van der Waals surface area (Å²) in [6.45, 7) is 5.56. The van der Waals surface area contributed by atoms with Crippen molar-refractivity contribution < 1.29 is 9.53 Å². The van der Waals surface area contributed by atoms with E-state index in [1.165, 1.54) is 6.92 Å². The Bertz CT molecular complexity index is 1300. The maximum Gasteiger partial charge on any atom is 0.226 e. The number of anilines is 1. The standard InChI is InChI=1S/C23H25N7O2/c1-12-10-25-18-6-5-14(11-30(12)18)16-7-17(24)20-19(16)21(32-4)28-22(27-20)26-15-8-23(3,9-15)29-13(2)31/h5-7,10-11,15,24H,8-9H2,1-4H3,(H,29,31)(H,26,27,28). The molecule has 0 unspecified atom stereocenters. The van der Waals surface area contributed by atoms with Gasteiger partial charge in [0, 0.05) is 42.2 Å². The van der Waals surface area contributed by atoms with Crippen molar-refractivity contribution >= 4 is 28.8 Å². The van der Waals surface area contributed by atoms with Gasteiger partial charge in [-0.1, -0.05) is 0 Å². The Morgan fingerprint density at radius 1 is 1.31 bits per heavy atom. The normalized spacial score (nSPS) is 21.7. The van der Waals surface area contributed by atoms with Crippen LogP contribution in [0.3, 0.4) is 0 Å². The molecule has 1 fully saturated rings. The van der Waals surface area contributed by atoms with Gasteiger partial charge in [-0.15, -0.1) is 0 Å². The molecule has 9 nitrogen and oxygen atoms in total. The first kappa shape index (κ1) is 20.2. The quantitative estimate of drug-likeness (QED) is 0.572. The lowest BCUT2D eigenvalue weighted by Gasteiger charge is -2.45. The van der Waals surface area contributed by atoms with Crippen molar-refractivity contribution in [3.8, 4) is 5.88 Å². The molecule has 2 aliphatic carbocycles. The van der Waals surface area contributed by atoms with Crippen molar-refractivity contribution in [2.24, 2.45) is 0 Å². The number of hydrogen-bond donors (Lipinski definition) is 3. The van der Waals surface area contributed by atoms with Crippen LogP contribution in [0.15, 0.2) is 30.6 Å². The second-order valence-electron chi connectivity index (χ2n) is 8.79. The summed E-state index contributed by atoms with van der Waals surface area (Å²) in [6.07, 6.45) is 7.20. The van der Waals surface area contributed by atoms with Crippen LogP contribution in [0, 0.1) is 12.3 Å². The van der Waals surface area contributed by atoms with Gasteiger partial charge in [-0.05, 0) is 50.5 Å². The van der Waals surface area contributed by atoms with Crippen LogP contribution in [-0.4, -0.2) is 49.7 Å². The minimum Gasteiger partial charge on any atom is -0.480 e. The fourth-order valence-electron chi connectivity index (χ4n) is 4.70. The fraction of sp³-hybridized carbons (Fsp3) is 0.348. The first-order valence-electron chi connectivity index (χ1n) is 10.5. The summed E-state index contributed by atoms with van der Waals surface area (Å²) in [4.78, 5) is 25.0. The van der Waals surface area contributed by atoms with Crippen molar-refractivity contribution in [1.82, 2.24) is 24.7 Å². The lowest BCUT2D eigenvalue weighted by atomic mass is 9.74. The molecule has 0 bridgehead atoms. The maximum atomic E-state index is 11.4. The van der Waals surface area contributed by atoms with Crippen LogP contribution >= 0.6 is 0 Å². The Morgan fingerprint density at radius 3 is 2.81 bits per heavy atom. The number of hydrogen-bond acceptors (Lipinski definition) is 7. The van der Waals surface area contributed by atoms with E-state index in [1.807, 2.05) is 42.8 Å². The van der Waals surface area contributed by atoms with Crippen molar-refractivity contribution in [2.45, 2.75) is 45.2 Å². The number of fused-ring (bicyclic) bond motifs is 2. The van der Waals surface area contributed by atoms with Crippen molar-refractivity contribution in [2.75, 3.05) is 12.4 Å². The van der Waals surface area contributed by atoms with Crippen molar-refractivity contribution in [1.29, 1.82) is 5.41 Å². The molecule has 0 spiro atoms. The number of rotatable bonds is 5. The highest BCUT2D eigenvalue weighted by Crippen LogP contribution is 2.39. The van der Waals surface area contributed by atoms with E-state index in [1.54, 1.807) is 13.2 Å². The highest BCUT2D eigenvalue weighted by atomic mass is 16.5. The minimum atomic E-state index is -0.212. The van der Waals surface area contributed by atoms with E-state index >= 15 is 0 Å². The Kier molecular flexibility index (Phi) is 4.51. The minimum absolute atomic E-state index is 0.0301. The predicted octanol–water partition coefficient (Wildman–Crippen LogP) is 2.72. The number of imidazole rings is 1. The Balaban J connectivity index is 1.45. The number of nitrogens with one attached hydrogen (secondary N) is 3. The molecule has 5 rings (SSSR count). The monoisotopic (exact) mass is 431 g/mol. The second kappa shape index (κ2) is 7.15. The third kappa shape index (κ3) is 3.30. The molecule has 9 heteroatoms. The van der Waals surface area contributed by atoms with Gasteiger partial charge in [-0.2, -0.15) is 4.98 Å². The Hall–Kier alpha value is -3.75. The number of amides is 1. The molecular weight excluding hydrogens is 406 g/mol. The molecule has 3 aromatic rings. The SMILES string of the molecule is COc1nc(NC2CC(C)(NC(C)=O)C2)nc2c1C(c1ccc3ncc(C)n3c1)=CC2=N. The van der Waals surface area contributed by atoms with Gasteiger partial charge in [0.25, 0.3) is 0 Å². The number of ether oxygens (including phenoxy) is 1. The van der Waals surface area contributed by atoms with E-state index in [4.69, 9.17) is 10.1 Å². The number of allylic oxidation sites excluding steroid dienone is 1. The summed E-state index contributed by atoms with van der Waals surface area (Å²) in [6, 6.07) is 4.08. The molecule has 164 valence electrons. The molecule has 32 heavy (non-hydrogen) atoms. The maximum absolute atomic E-state index is 11.4. The van der Waals surface area contributed by atoms with Crippen LogP contribution in [-0.2, 0) is 4.79 Å². The van der Waals surface area contributed by atoms with Gasteiger partial charge in [0.2, 0.25) is 17.7 Å². The van der Waals surface area contributed by atoms with E-state index in [0.717, 1.165) is 40.9 Å². The molecule has 1 saturated carbocycles. The first-order valence-corrected chi connectivity index (χ1v) is 10.5. The summed E-state index contributed by atoms with van der Waals surface area (Å²) in [5.74, 6) is 0.825. The van der Waals surface area contributed by atoms with E-state index in [9.17, 15) is 4.79 Å². The van der Waals surface area contributed by atoms with Crippen LogP contribution in [0.1, 0.15) is 49.2 Å². The van der Waals surface area contributed by atoms with E-state index in [0.29, 0.717) is 23.2 Å². The fourth-order valence-corrected chi connectivity index (χ4v) is 4.70. The highest BCUT2D eigenvalue weighted by Gasteiger charge is 2.41. The van der Waals surface area contributed by atoms with Crippen LogP contribution in [0.4, 0.5) is 5.95 Å². The number of pyridine rings is 1. The highest BCUT2D eigenvalue weighted by molar-refractivity contribution is 6.19. The third-order valence-corrected chi connectivity index (χ3v) is 6.09. The van der Waals surface area contributed by atoms with Crippen LogP contribution in [0.25, 0.3) is 11.2 Å². The number of aryl methyl sites for hydroxylation is 1. The molecule has 3 heterocycles. The lowest BCUT2D eigenvalue weighted by Crippen LogP contribution is -2.59. The number of carbonyl (C=O) groups excluding carboxylic acids is 1. The molecule has 0 aromatic carbocycles. The zero-order chi connectivity index (χ0) is 22.6. The summed E-state index contributed by atoms with van der Waals surface area (Å²) in [5.41, 5.74) is 5.06. The van der Waals surface area contributed by atoms with Gasteiger partial charge >= 0.3 is 0 Å². The van der Waals surface area contributed by atoms with Crippen LogP contribution < -0.4 is 15.4 Å². The molecule has 3 aromatic heterocycles. The number of methoxy groups -OCH3 is 1. The number of carbonyl (C=O) groups is 1. The summed E-state index contributed by atoms with van der Waals surface area (Å²) in [7, 11) is 1.58. The second-order valence-corrected chi connectivity index (χ2v) is 8.79. The smallest absolute Gasteiger partial charge is 0.226 e. The average molecular weight is 432 g/mol. The molecule has 1 amide bonds. The molecule has 3 N–H and O–H groups in total. The van der Waals surface area contributed by atoms with E-state index in [2.05, 4.69) is 25.6 Å². The van der Waals surface area contributed by atoms with Gasteiger partial charge in [-0.3, -0.25) is 10.2 Å². The zero-order valence-corrected chi connectivity index (χ0v) is 18.5. The van der Waals surface area contributed by atoms with Crippen molar-refractivity contribution in [3.05, 3.63) is 53.1 Å². The van der Waals surface area contributed by atoms with Crippen LogP contribution in [0.2, 0.25) is 0 Å². The van der Waals surface area contributed by atoms with Gasteiger partial charge in [0.05, 0.1) is 18.4 Å². The van der Waals surface area contributed by atoms with Crippen LogP contribution in [0.5, 0.6) is 5.88 Å². The predicted molar refractivity (Wildman–Crippen MR) is 121 cm³/mol. The third-order valence-electron chi connectivity index (χ3n) is 6.09. The summed E-state index contributed by atoms with van der Waals surface area (Å²) < 4.78 is 7.63. The zero-order valence-electron chi connectivity index (χ0n) is 18.5. The summed E-state index contributed by atoms with van der Waals surface area (Å²) in [5, 5.41) is 14.8. The first-order chi connectivity index (χ1) is 15.3. The largest absolute Gasteiger partial charge is 0.480 e. The summed E-state index contributed by atoms with van der Waals surface area (Å²) >= 11 is 0. The molecule has 0 saturated heterocycles. The van der Waals surface area contributed by atoms with Gasteiger partial charge in [0.1, 0.15) is 11.3 Å². The average Bonchev–Trinajstić information content (AvgIpc) is 3.26. The van der Waals surface area contributed by atoms with Gasteiger partial charge < -0.3 is 19.8 Å². The van der Waals surface area contributed by atoms with Gasteiger partial charge in [0.15, 0.2) is 0 Å². The van der Waals surface area contributed by atoms with Crippen molar-refractivity contribution in [3.63, 3.8) is 0 Å². The number of aromatic nitrogens is 4. The number of nitrogens with zero attached hydrogens (tertiary/aromatic N) is 4. The molecular formula is C23H25N7O2. The van der Waals surface area contributed by atoms with E-state index < -0.39 is 0 Å². The van der Waals surface area contributed by atoms with Gasteiger partial charge in [-0.25, -0.2) is 9.97 Å². The molecule has 0 aliphatic heterocycles. The van der Waals surface area contributed by atoms with E-state index in [-0.39, 0.29) is 17.5 Å². The molecule has 0 atom stereocenters. The Labute approximate surface area is 185 Å². The lowest BCUT2D eigenvalue weighted by molar-refractivity contribution is -0.121. The molecule has 0 radical (unpaired) electrons. The molecule has 2 aliphatic rings. The topological polar surface area (TPSA) is 117 Å². The Morgan fingerprint density at radius 2 is 2.09 bits per heavy atom.